The first-order valence-corrected chi connectivity index (χ1v) is 5.13. The molecule has 0 bridgehead atoms. The average molecular weight is 223 g/mol. The summed E-state index contributed by atoms with van der Waals surface area (Å²) in [5, 5.41) is 3.08. The Morgan fingerprint density at radius 2 is 2.06 bits per heavy atom. The SMILES string of the molecule is CC(C)C(CN)Nc1nccnc1C(N)=O. The van der Waals surface area contributed by atoms with Crippen molar-refractivity contribution in [3.8, 4) is 0 Å². The van der Waals surface area contributed by atoms with Gasteiger partial charge in [0.25, 0.3) is 5.91 Å². The molecule has 6 nitrogen and oxygen atoms in total. The van der Waals surface area contributed by atoms with E-state index in [0.717, 1.165) is 0 Å². The highest BCUT2D eigenvalue weighted by Gasteiger charge is 2.16. The van der Waals surface area contributed by atoms with Gasteiger partial charge in [-0.2, -0.15) is 0 Å². The van der Waals surface area contributed by atoms with Crippen molar-refractivity contribution in [3.05, 3.63) is 18.1 Å². The van der Waals surface area contributed by atoms with Crippen molar-refractivity contribution >= 4 is 11.7 Å². The quantitative estimate of drug-likeness (QED) is 0.649. The van der Waals surface area contributed by atoms with Gasteiger partial charge in [0.15, 0.2) is 11.5 Å². The zero-order chi connectivity index (χ0) is 12.1. The van der Waals surface area contributed by atoms with E-state index in [1.54, 1.807) is 0 Å². The molecule has 1 amide bonds. The molecule has 6 heteroatoms. The van der Waals surface area contributed by atoms with Gasteiger partial charge in [-0.1, -0.05) is 13.8 Å². The fourth-order valence-corrected chi connectivity index (χ4v) is 1.30. The number of rotatable bonds is 5. The van der Waals surface area contributed by atoms with E-state index >= 15 is 0 Å². The second-order valence-corrected chi connectivity index (χ2v) is 3.85. The largest absolute Gasteiger partial charge is 0.364 e. The van der Waals surface area contributed by atoms with Crippen molar-refractivity contribution in [2.24, 2.45) is 17.4 Å². The molecule has 0 aliphatic rings. The number of carbonyl (C=O) groups excluding carboxylic acids is 1. The maximum atomic E-state index is 11.1. The lowest BCUT2D eigenvalue weighted by Gasteiger charge is -2.21. The lowest BCUT2D eigenvalue weighted by molar-refractivity contribution is 0.0996. The summed E-state index contributed by atoms with van der Waals surface area (Å²) >= 11 is 0. The Morgan fingerprint density at radius 3 is 2.56 bits per heavy atom. The minimum Gasteiger partial charge on any atom is -0.364 e. The van der Waals surface area contributed by atoms with Gasteiger partial charge in [-0.15, -0.1) is 0 Å². The Kier molecular flexibility index (Phi) is 4.19. The average Bonchev–Trinajstić information content (AvgIpc) is 2.25. The third kappa shape index (κ3) is 2.90. The van der Waals surface area contributed by atoms with E-state index < -0.39 is 5.91 Å². The van der Waals surface area contributed by atoms with Crippen LogP contribution in [0, 0.1) is 5.92 Å². The van der Waals surface area contributed by atoms with Gasteiger partial charge in [-0.3, -0.25) is 4.79 Å². The first-order chi connectivity index (χ1) is 7.56. The number of hydrogen-bond donors (Lipinski definition) is 3. The Balaban J connectivity index is 2.91. The van der Waals surface area contributed by atoms with Crippen LogP contribution in [0.4, 0.5) is 5.82 Å². The van der Waals surface area contributed by atoms with Gasteiger partial charge >= 0.3 is 0 Å². The lowest BCUT2D eigenvalue weighted by Crippen LogP contribution is -2.35. The summed E-state index contributed by atoms with van der Waals surface area (Å²) in [7, 11) is 0. The zero-order valence-electron chi connectivity index (χ0n) is 9.47. The first-order valence-electron chi connectivity index (χ1n) is 5.13. The van der Waals surface area contributed by atoms with Gasteiger partial charge in [-0.05, 0) is 5.92 Å². The van der Waals surface area contributed by atoms with Gasteiger partial charge in [0.05, 0.1) is 0 Å². The van der Waals surface area contributed by atoms with Crippen molar-refractivity contribution < 1.29 is 4.79 Å². The molecular formula is C10H17N5O. The highest BCUT2D eigenvalue weighted by atomic mass is 16.1. The summed E-state index contributed by atoms with van der Waals surface area (Å²) in [6.45, 7) is 4.52. The number of amides is 1. The van der Waals surface area contributed by atoms with Crippen LogP contribution in [0.3, 0.4) is 0 Å². The number of anilines is 1. The van der Waals surface area contributed by atoms with Crippen LogP contribution in [0.2, 0.25) is 0 Å². The predicted octanol–water partition coefficient (Wildman–Crippen LogP) is -0.0293. The lowest BCUT2D eigenvalue weighted by atomic mass is 10.0. The first kappa shape index (κ1) is 12.4. The molecule has 1 aromatic heterocycles. The summed E-state index contributed by atoms with van der Waals surface area (Å²) in [6.07, 6.45) is 2.93. The van der Waals surface area contributed by atoms with Crippen LogP contribution in [-0.4, -0.2) is 28.5 Å². The number of hydrogen-bond acceptors (Lipinski definition) is 5. The molecule has 0 aliphatic carbocycles. The monoisotopic (exact) mass is 223 g/mol. The van der Waals surface area contributed by atoms with Crippen molar-refractivity contribution in [2.75, 3.05) is 11.9 Å². The van der Waals surface area contributed by atoms with Crippen LogP contribution in [0.5, 0.6) is 0 Å². The van der Waals surface area contributed by atoms with Crippen molar-refractivity contribution in [1.29, 1.82) is 0 Å². The van der Waals surface area contributed by atoms with E-state index in [-0.39, 0.29) is 11.7 Å². The predicted molar refractivity (Wildman–Crippen MR) is 61.9 cm³/mol. The third-order valence-electron chi connectivity index (χ3n) is 2.31. The van der Waals surface area contributed by atoms with Gasteiger partial charge in [0.1, 0.15) is 0 Å². The number of aromatic nitrogens is 2. The van der Waals surface area contributed by atoms with E-state index in [1.165, 1.54) is 12.4 Å². The Bertz CT molecular complexity index is 366. The van der Waals surface area contributed by atoms with Gasteiger partial charge in [-0.25, -0.2) is 9.97 Å². The standard InChI is InChI=1S/C10H17N5O/c1-6(2)7(5-11)15-10-8(9(12)16)13-3-4-14-10/h3-4,6-7H,5,11H2,1-2H3,(H2,12,16)(H,14,15). The van der Waals surface area contributed by atoms with Crippen molar-refractivity contribution in [1.82, 2.24) is 9.97 Å². The van der Waals surface area contributed by atoms with E-state index in [9.17, 15) is 4.79 Å². The zero-order valence-corrected chi connectivity index (χ0v) is 9.47. The number of nitrogens with zero attached hydrogens (tertiary/aromatic N) is 2. The van der Waals surface area contributed by atoms with Crippen LogP contribution in [-0.2, 0) is 0 Å². The summed E-state index contributed by atoms with van der Waals surface area (Å²) in [5.41, 5.74) is 11.0. The molecule has 1 heterocycles. The Labute approximate surface area is 94.5 Å². The molecule has 0 saturated carbocycles. The Morgan fingerprint density at radius 1 is 1.44 bits per heavy atom. The van der Waals surface area contributed by atoms with Crippen molar-refractivity contribution in [2.45, 2.75) is 19.9 Å². The maximum Gasteiger partial charge on any atom is 0.271 e. The molecule has 0 radical (unpaired) electrons. The number of nitrogens with one attached hydrogen (secondary N) is 1. The van der Waals surface area contributed by atoms with Crippen LogP contribution >= 0.6 is 0 Å². The fourth-order valence-electron chi connectivity index (χ4n) is 1.30. The highest BCUT2D eigenvalue weighted by Crippen LogP contribution is 2.12. The summed E-state index contributed by atoms with van der Waals surface area (Å²) < 4.78 is 0. The summed E-state index contributed by atoms with van der Waals surface area (Å²) in [6, 6.07) is 0.0369. The molecule has 1 aromatic rings. The van der Waals surface area contributed by atoms with Crippen LogP contribution in [0.1, 0.15) is 24.3 Å². The van der Waals surface area contributed by atoms with E-state index in [1.807, 2.05) is 13.8 Å². The van der Waals surface area contributed by atoms with Gasteiger partial charge in [0.2, 0.25) is 0 Å². The molecule has 0 spiro atoms. The van der Waals surface area contributed by atoms with E-state index in [4.69, 9.17) is 11.5 Å². The minimum absolute atomic E-state index is 0.0369. The normalized spacial score (nSPS) is 12.5. The molecule has 0 aliphatic heterocycles. The summed E-state index contributed by atoms with van der Waals surface area (Å²) in [5.74, 6) is 0.113. The van der Waals surface area contributed by atoms with Crippen molar-refractivity contribution in [3.63, 3.8) is 0 Å². The van der Waals surface area contributed by atoms with Crippen LogP contribution in [0.15, 0.2) is 12.4 Å². The van der Waals surface area contributed by atoms with E-state index in [2.05, 4.69) is 15.3 Å². The molecule has 16 heavy (non-hydrogen) atoms. The number of nitrogens with two attached hydrogens (primary N) is 2. The van der Waals surface area contributed by atoms with E-state index in [0.29, 0.717) is 18.3 Å². The van der Waals surface area contributed by atoms with Gasteiger partial charge in [0, 0.05) is 25.0 Å². The molecule has 0 fully saturated rings. The second-order valence-electron chi connectivity index (χ2n) is 3.85. The number of primary amides is 1. The Hall–Kier alpha value is -1.69. The smallest absolute Gasteiger partial charge is 0.271 e. The molecular weight excluding hydrogens is 206 g/mol. The molecule has 1 unspecified atom stereocenters. The van der Waals surface area contributed by atoms with Crippen LogP contribution < -0.4 is 16.8 Å². The summed E-state index contributed by atoms with van der Waals surface area (Å²) in [4.78, 5) is 19.0. The molecule has 0 saturated heterocycles. The molecule has 1 atom stereocenters. The maximum absolute atomic E-state index is 11.1. The third-order valence-corrected chi connectivity index (χ3v) is 2.31. The topological polar surface area (TPSA) is 107 Å². The van der Waals surface area contributed by atoms with Gasteiger partial charge < -0.3 is 16.8 Å². The minimum atomic E-state index is -0.602. The number of carbonyl (C=O) groups is 1. The molecule has 88 valence electrons. The van der Waals surface area contributed by atoms with Crippen LogP contribution in [0.25, 0.3) is 0 Å². The highest BCUT2D eigenvalue weighted by molar-refractivity contribution is 5.95. The molecule has 0 aromatic carbocycles. The molecule has 5 N–H and O–H groups in total. The fraction of sp³-hybridized carbons (Fsp3) is 0.500. The molecule has 1 rings (SSSR count). The second kappa shape index (κ2) is 5.41.